The summed E-state index contributed by atoms with van der Waals surface area (Å²) in [7, 11) is 0. The van der Waals surface area contributed by atoms with Gasteiger partial charge in [-0.2, -0.15) is 0 Å². The van der Waals surface area contributed by atoms with Crippen LogP contribution in [0.3, 0.4) is 0 Å². The van der Waals surface area contributed by atoms with Gasteiger partial charge in [0.15, 0.2) is 5.78 Å². The Morgan fingerprint density at radius 1 is 1.33 bits per heavy atom. The maximum Gasteiger partial charge on any atom is 0.372 e. The number of Topliss-reactive ketones (excluding diaryl/α,β-unsaturated/α-hetero) is 1. The first kappa shape index (κ1) is 10.2. The molecule has 63 valence electrons. The summed E-state index contributed by atoms with van der Waals surface area (Å²) in [5.74, 6) is -3.59. The van der Waals surface area contributed by atoms with Crippen LogP contribution in [0.5, 0.6) is 0 Å². The molecule has 0 bridgehead atoms. The van der Waals surface area contributed by atoms with Crippen molar-refractivity contribution < 1.29 is 24.3 Å². The minimum Gasteiger partial charge on any atom is -0.475 e. The van der Waals surface area contributed by atoms with Gasteiger partial charge in [0.1, 0.15) is 0 Å². The van der Waals surface area contributed by atoms with Crippen LogP contribution < -0.4 is 0 Å². The molecule has 0 rings (SSSR count). The number of ketones is 2. The fourth-order valence-electron chi connectivity index (χ4n) is 0.420. The maximum atomic E-state index is 10.6. The van der Waals surface area contributed by atoms with Crippen LogP contribution in [0, 0.1) is 0 Å². The summed E-state index contributed by atoms with van der Waals surface area (Å²) >= 11 is 0. The van der Waals surface area contributed by atoms with Gasteiger partial charge in [0.05, 0.1) is 6.42 Å². The molecular weight excluding hydrogens is 164 g/mol. The number of carboxylic acid groups (broad SMARTS) is 1. The number of aliphatic carboxylic acids is 1. The van der Waals surface area contributed by atoms with Crippen LogP contribution in [0.25, 0.3) is 0 Å². The van der Waals surface area contributed by atoms with Crippen molar-refractivity contribution in [2.24, 2.45) is 0 Å². The lowest BCUT2D eigenvalue weighted by Crippen LogP contribution is -2.15. The number of carboxylic acids is 1. The van der Waals surface area contributed by atoms with Crippen molar-refractivity contribution in [3.05, 3.63) is 12.2 Å². The van der Waals surface area contributed by atoms with Gasteiger partial charge >= 0.3 is 5.97 Å². The van der Waals surface area contributed by atoms with Gasteiger partial charge in [0, 0.05) is 0 Å². The predicted octanol–water partition coefficient (Wildman–Crippen LogP) is -0.735. The van der Waals surface area contributed by atoms with E-state index in [0.29, 0.717) is 0 Å². The Kier molecular flexibility index (Phi) is 4.21. The van der Waals surface area contributed by atoms with Crippen molar-refractivity contribution in [1.29, 1.82) is 0 Å². The van der Waals surface area contributed by atoms with Gasteiger partial charge in [0.25, 0.3) is 0 Å². The number of rotatable bonds is 5. The third-order valence-corrected chi connectivity index (χ3v) is 0.911. The molecule has 0 aliphatic heterocycles. The highest BCUT2D eigenvalue weighted by molar-refractivity contribution is 6.37. The zero-order valence-electron chi connectivity index (χ0n) is 5.94. The molecule has 0 saturated carbocycles. The monoisotopic (exact) mass is 169 g/mol. The quantitative estimate of drug-likeness (QED) is 0.333. The molecule has 12 heavy (non-hydrogen) atoms. The van der Waals surface area contributed by atoms with E-state index in [4.69, 9.17) is 5.11 Å². The molecule has 0 fully saturated rings. The molecule has 1 radical (unpaired) electrons. The van der Waals surface area contributed by atoms with Crippen molar-refractivity contribution in [1.82, 2.24) is 0 Å². The van der Waals surface area contributed by atoms with E-state index in [2.05, 4.69) is 0 Å². The lowest BCUT2D eigenvalue weighted by molar-refractivity contribution is -0.149. The summed E-state index contributed by atoms with van der Waals surface area (Å²) in [6, 6.07) is 0. The Labute approximate surface area is 67.7 Å². The highest BCUT2D eigenvalue weighted by atomic mass is 16.4. The van der Waals surface area contributed by atoms with Crippen molar-refractivity contribution in [3.8, 4) is 0 Å². The topological polar surface area (TPSA) is 88.5 Å². The van der Waals surface area contributed by atoms with Crippen LogP contribution in [0.1, 0.15) is 6.42 Å². The van der Waals surface area contributed by atoms with Crippen molar-refractivity contribution in [2.75, 3.05) is 0 Å². The number of carbonyl (C=O) groups excluding carboxylic acids is 3. The Bertz CT molecular complexity index is 251. The minimum atomic E-state index is -1.66. The minimum absolute atomic E-state index is 0.729. The zero-order valence-corrected chi connectivity index (χ0v) is 5.94. The number of carbonyl (C=O) groups is 3. The van der Waals surface area contributed by atoms with Crippen LogP contribution in [-0.2, 0) is 19.2 Å². The van der Waals surface area contributed by atoms with Crippen LogP contribution in [0.4, 0.5) is 0 Å². The number of hydrogen-bond acceptors (Lipinski definition) is 4. The molecule has 0 aromatic carbocycles. The Balaban J connectivity index is 4.01. The Morgan fingerprint density at radius 3 is 2.33 bits per heavy atom. The molecule has 0 amide bonds. The van der Waals surface area contributed by atoms with Gasteiger partial charge in [-0.1, -0.05) is 0 Å². The van der Waals surface area contributed by atoms with E-state index in [1.165, 1.54) is 6.29 Å². The molecule has 0 heterocycles. The highest BCUT2D eigenvalue weighted by Crippen LogP contribution is 1.87. The molecular formula is C7H5O5. The molecule has 0 aromatic heterocycles. The third-order valence-electron chi connectivity index (χ3n) is 0.911. The Hall–Kier alpha value is -1.78. The van der Waals surface area contributed by atoms with E-state index >= 15 is 0 Å². The highest BCUT2D eigenvalue weighted by Gasteiger charge is 2.13. The fourth-order valence-corrected chi connectivity index (χ4v) is 0.420. The number of allylic oxidation sites excluding steroid dienone is 2. The molecule has 1 N–H and O–H groups in total. The predicted molar refractivity (Wildman–Crippen MR) is 37.1 cm³/mol. The zero-order chi connectivity index (χ0) is 9.56. The average molecular weight is 169 g/mol. The van der Waals surface area contributed by atoms with Crippen LogP contribution in [0.2, 0.25) is 0 Å². The normalized spacial score (nSPS) is 9.67. The molecule has 0 aliphatic carbocycles. The summed E-state index contributed by atoms with van der Waals surface area (Å²) < 4.78 is 0. The van der Waals surface area contributed by atoms with Crippen LogP contribution >= 0.6 is 0 Å². The summed E-state index contributed by atoms with van der Waals surface area (Å²) in [6.45, 7) is 0. The van der Waals surface area contributed by atoms with Gasteiger partial charge in [0.2, 0.25) is 12.1 Å². The first-order valence-corrected chi connectivity index (χ1v) is 2.91. The molecule has 0 saturated heterocycles. The lowest BCUT2D eigenvalue weighted by Gasteiger charge is -1.88. The molecule has 0 aliphatic rings. The van der Waals surface area contributed by atoms with Crippen LogP contribution in [-0.4, -0.2) is 28.9 Å². The van der Waals surface area contributed by atoms with Gasteiger partial charge in [-0.05, 0) is 12.2 Å². The van der Waals surface area contributed by atoms with E-state index < -0.39 is 24.0 Å². The third kappa shape index (κ3) is 4.10. The second kappa shape index (κ2) is 4.95. The smallest absolute Gasteiger partial charge is 0.372 e. The van der Waals surface area contributed by atoms with Gasteiger partial charge < -0.3 is 5.11 Å². The summed E-state index contributed by atoms with van der Waals surface area (Å²) in [5, 5.41) is 8.05. The summed E-state index contributed by atoms with van der Waals surface area (Å²) in [6.07, 6.45) is 2.14. The van der Waals surface area contributed by atoms with Gasteiger partial charge in [-0.15, -0.1) is 0 Å². The summed E-state index contributed by atoms with van der Waals surface area (Å²) in [4.78, 5) is 40.4. The molecule has 0 unspecified atom stereocenters. The lowest BCUT2D eigenvalue weighted by atomic mass is 10.2. The fraction of sp³-hybridized carbons (Fsp3) is 0.143. The van der Waals surface area contributed by atoms with Crippen molar-refractivity contribution in [2.45, 2.75) is 6.42 Å². The maximum absolute atomic E-state index is 10.6. The largest absolute Gasteiger partial charge is 0.475 e. The Morgan fingerprint density at radius 2 is 1.92 bits per heavy atom. The first-order valence-electron chi connectivity index (χ1n) is 2.91. The second-order valence-corrected chi connectivity index (χ2v) is 1.82. The molecule has 0 aromatic rings. The van der Waals surface area contributed by atoms with E-state index in [9.17, 15) is 19.2 Å². The van der Waals surface area contributed by atoms with Crippen molar-refractivity contribution in [3.63, 3.8) is 0 Å². The van der Waals surface area contributed by atoms with Crippen molar-refractivity contribution >= 4 is 23.8 Å². The van der Waals surface area contributed by atoms with Gasteiger partial charge in [-0.25, -0.2) is 4.79 Å². The van der Waals surface area contributed by atoms with E-state index in [0.717, 1.165) is 12.2 Å². The second-order valence-electron chi connectivity index (χ2n) is 1.82. The summed E-state index contributed by atoms with van der Waals surface area (Å²) in [5.41, 5.74) is 0. The number of hydrogen-bond donors (Lipinski definition) is 1. The first-order chi connectivity index (χ1) is 5.57. The average Bonchev–Trinajstić information content (AvgIpc) is 2.00. The van der Waals surface area contributed by atoms with E-state index in [-0.39, 0.29) is 0 Å². The molecule has 5 nitrogen and oxygen atoms in total. The SMILES string of the molecule is O=[C]/C=C\C(=O)CC(=O)C(=O)O. The standard InChI is InChI=1S/C7H5O5/c8-3-1-2-5(9)4-6(10)7(11)12/h1-2H,4H2,(H,11,12)/b2-1-. The molecule has 0 atom stereocenters. The van der Waals surface area contributed by atoms with Gasteiger partial charge in [-0.3, -0.25) is 14.4 Å². The van der Waals surface area contributed by atoms with E-state index in [1.807, 2.05) is 0 Å². The molecule has 0 spiro atoms. The van der Waals surface area contributed by atoms with Crippen LogP contribution in [0.15, 0.2) is 12.2 Å². The molecule has 5 heteroatoms. The van der Waals surface area contributed by atoms with E-state index in [1.54, 1.807) is 0 Å².